The summed E-state index contributed by atoms with van der Waals surface area (Å²) >= 11 is 0. The van der Waals surface area contributed by atoms with Crippen LogP contribution in [0.4, 0.5) is 11.6 Å². The monoisotopic (exact) mass is 602 g/mol. The fraction of sp³-hybridized carbons (Fsp3) is 0. The van der Waals surface area contributed by atoms with E-state index in [1.807, 2.05) is 84.9 Å². The third kappa shape index (κ3) is 5.29. The van der Waals surface area contributed by atoms with Gasteiger partial charge in [-0.1, -0.05) is 67.2 Å². The van der Waals surface area contributed by atoms with Crippen LogP contribution in [0.15, 0.2) is 84.9 Å². The van der Waals surface area contributed by atoms with Crippen LogP contribution < -0.4 is 9.97 Å². The molecule has 11 heteroatoms. The molecule has 0 bridgehead atoms. The molecular weight excluding hydrogens is 590 g/mol. The molecule has 0 unspecified atom stereocenters. The number of nitrogens with zero attached hydrogens (tertiary/aromatic N) is 10. The Morgan fingerprint density at radius 2 is 1.07 bits per heavy atom. The first-order valence-corrected chi connectivity index (χ1v) is 12.4. The quantitative estimate of drug-likeness (QED) is 0.164. The largest absolute Gasteiger partial charge is 2.00 e. The molecule has 0 N–H and O–H groups in total. The van der Waals surface area contributed by atoms with Crippen LogP contribution in [0.1, 0.15) is 11.4 Å². The topological polar surface area (TPSA) is 136 Å². The summed E-state index contributed by atoms with van der Waals surface area (Å²) in [4.78, 5) is 32.9. The average molecular weight is 604 g/mol. The molecule has 0 atom stereocenters. The molecule has 194 valence electrons. The molecule has 0 amide bonds. The Kier molecular flexibility index (Phi) is 7.95. The zero-order valence-electron chi connectivity index (χ0n) is 22.3. The van der Waals surface area contributed by atoms with Gasteiger partial charge in [-0.15, -0.1) is 0 Å². The Labute approximate surface area is 258 Å². The van der Waals surface area contributed by atoms with Crippen molar-refractivity contribution < 1.29 is 19.5 Å². The first kappa shape index (κ1) is 28.3. The third-order valence-electron chi connectivity index (χ3n) is 6.36. The molecule has 0 aliphatic carbocycles. The molecular formula is C32H14N10Zn. The molecule has 0 aliphatic heterocycles. The predicted molar refractivity (Wildman–Crippen MR) is 153 cm³/mol. The zero-order valence-corrected chi connectivity index (χ0v) is 25.2. The molecule has 2 aromatic carbocycles. The van der Waals surface area contributed by atoms with Crippen molar-refractivity contribution in [3.63, 3.8) is 0 Å². The van der Waals surface area contributed by atoms with Crippen molar-refractivity contribution in [2.24, 2.45) is 0 Å². The van der Waals surface area contributed by atoms with Crippen LogP contribution in [-0.4, -0.2) is 19.9 Å². The van der Waals surface area contributed by atoms with E-state index in [0.717, 1.165) is 22.3 Å². The van der Waals surface area contributed by atoms with Crippen molar-refractivity contribution in [3.8, 4) is 68.8 Å². The summed E-state index contributed by atoms with van der Waals surface area (Å²) in [6, 6.07) is 30.4. The number of nitriles is 2. The number of rotatable bonds is 5. The van der Waals surface area contributed by atoms with Gasteiger partial charge in [0.25, 0.3) is 0 Å². The molecule has 4 aromatic heterocycles. The second kappa shape index (κ2) is 12.1. The predicted octanol–water partition coefficient (Wildman–Crippen LogP) is 6.36. The van der Waals surface area contributed by atoms with E-state index in [0.29, 0.717) is 22.8 Å². The van der Waals surface area contributed by atoms with Crippen molar-refractivity contribution in [1.29, 1.82) is 10.5 Å². The van der Waals surface area contributed by atoms with Crippen molar-refractivity contribution in [1.82, 2.24) is 29.9 Å². The SMILES string of the molecule is [C-]#[N+]c1nc(-c2cccc(-c3ccccc3-c3ccccc3-c3cccc(-c4nc(C#N)c([N+]#[C-])[n-]4)n3)n2)[n-]c1C#N.[Zn+2]. The summed E-state index contributed by atoms with van der Waals surface area (Å²) in [5, 5.41) is 18.6. The summed E-state index contributed by atoms with van der Waals surface area (Å²) in [5.74, 6) is 0.332. The van der Waals surface area contributed by atoms with Crippen molar-refractivity contribution in [3.05, 3.63) is 119 Å². The Morgan fingerprint density at radius 1 is 0.558 bits per heavy atom. The molecule has 0 saturated carbocycles. The van der Waals surface area contributed by atoms with E-state index >= 15 is 0 Å². The van der Waals surface area contributed by atoms with Gasteiger partial charge in [0.2, 0.25) is 0 Å². The molecule has 0 fully saturated rings. The average Bonchev–Trinajstić information content (AvgIpc) is 3.69. The van der Waals surface area contributed by atoms with E-state index in [1.165, 1.54) is 0 Å². The summed E-state index contributed by atoms with van der Waals surface area (Å²) in [6.07, 6.45) is 0. The van der Waals surface area contributed by atoms with Gasteiger partial charge in [0, 0.05) is 16.8 Å². The van der Waals surface area contributed by atoms with Crippen LogP contribution in [0.25, 0.3) is 66.4 Å². The van der Waals surface area contributed by atoms with Gasteiger partial charge in [-0.05, 0) is 41.2 Å². The van der Waals surface area contributed by atoms with Crippen LogP contribution in [-0.2, 0) is 19.5 Å². The van der Waals surface area contributed by atoms with Crippen LogP contribution in [0.5, 0.6) is 0 Å². The fourth-order valence-electron chi connectivity index (χ4n) is 4.50. The first-order valence-electron chi connectivity index (χ1n) is 12.4. The van der Waals surface area contributed by atoms with Crippen LogP contribution in [0.2, 0.25) is 0 Å². The van der Waals surface area contributed by atoms with Crippen molar-refractivity contribution >= 4 is 11.6 Å². The van der Waals surface area contributed by atoms with Gasteiger partial charge >= 0.3 is 19.5 Å². The van der Waals surface area contributed by atoms with Gasteiger partial charge in [-0.2, -0.15) is 10.5 Å². The van der Waals surface area contributed by atoms with E-state index in [2.05, 4.69) is 29.6 Å². The summed E-state index contributed by atoms with van der Waals surface area (Å²) in [6.45, 7) is 14.5. The van der Waals surface area contributed by atoms with E-state index in [-0.39, 0.29) is 54.2 Å². The van der Waals surface area contributed by atoms with Gasteiger partial charge in [0.05, 0.1) is 34.8 Å². The number of hydrogen-bond acceptors (Lipinski definition) is 6. The van der Waals surface area contributed by atoms with E-state index < -0.39 is 0 Å². The summed E-state index contributed by atoms with van der Waals surface area (Å²) < 4.78 is 0. The van der Waals surface area contributed by atoms with Gasteiger partial charge < -0.3 is 19.7 Å². The molecule has 6 aromatic rings. The van der Waals surface area contributed by atoms with Crippen molar-refractivity contribution in [2.75, 3.05) is 0 Å². The summed E-state index contributed by atoms with van der Waals surface area (Å²) in [7, 11) is 0. The van der Waals surface area contributed by atoms with Crippen LogP contribution >= 0.6 is 0 Å². The molecule has 10 nitrogen and oxygen atoms in total. The maximum Gasteiger partial charge on any atom is 2.00 e. The molecule has 0 radical (unpaired) electrons. The Balaban J connectivity index is 0.00000368. The molecule has 0 saturated heterocycles. The van der Waals surface area contributed by atoms with Gasteiger partial charge in [0.15, 0.2) is 5.82 Å². The van der Waals surface area contributed by atoms with Gasteiger partial charge in [-0.25, -0.2) is 21.5 Å². The molecule has 0 spiro atoms. The van der Waals surface area contributed by atoms with Gasteiger partial charge in [-0.3, -0.25) is 4.98 Å². The van der Waals surface area contributed by atoms with Crippen molar-refractivity contribution in [2.45, 2.75) is 0 Å². The van der Waals surface area contributed by atoms with Crippen LogP contribution in [0, 0.1) is 35.8 Å². The molecule has 0 aliphatic rings. The van der Waals surface area contributed by atoms with Gasteiger partial charge in [0.1, 0.15) is 17.5 Å². The minimum absolute atomic E-state index is 0. The second-order valence-electron chi connectivity index (χ2n) is 8.79. The Morgan fingerprint density at radius 3 is 1.51 bits per heavy atom. The summed E-state index contributed by atoms with van der Waals surface area (Å²) in [5.41, 5.74) is 5.65. The number of imidazole rings is 2. The second-order valence-corrected chi connectivity index (χ2v) is 8.79. The fourth-order valence-corrected chi connectivity index (χ4v) is 4.50. The number of hydrogen-bond donors (Lipinski definition) is 0. The van der Waals surface area contributed by atoms with E-state index in [9.17, 15) is 10.5 Å². The van der Waals surface area contributed by atoms with E-state index in [4.69, 9.17) is 23.1 Å². The maximum absolute atomic E-state index is 9.29. The first-order chi connectivity index (χ1) is 20.6. The third-order valence-corrected chi connectivity index (χ3v) is 6.36. The normalized spacial score (nSPS) is 10.0. The standard InChI is InChI=1S/C32H14N10.Zn/c1-35-29-27(17-33)39-31(41-29)25-15-7-13-23(37-25)21-11-5-3-9-19(21)20-10-4-6-12-22(20)24-14-8-16-26(38-24)32-40-28(18-34)30(36-2)42-32;/h3-16H;/q-2;+2. The zero-order chi connectivity index (χ0) is 29.1. The number of pyridine rings is 2. The molecule has 6 rings (SSSR count). The minimum Gasteiger partial charge on any atom is -0.548 e. The maximum atomic E-state index is 9.29. The Bertz CT molecular complexity index is 1950. The minimum atomic E-state index is -0.0509. The van der Waals surface area contributed by atoms with Crippen LogP contribution in [0.3, 0.4) is 0 Å². The smallest absolute Gasteiger partial charge is 0.548 e. The molecule has 43 heavy (non-hydrogen) atoms. The number of benzene rings is 2. The molecule has 4 heterocycles. The number of aromatic nitrogens is 6. The van der Waals surface area contributed by atoms with E-state index in [1.54, 1.807) is 12.1 Å². The Hall–Kier alpha value is -6.26.